The number of thiophene rings is 1. The average Bonchev–Trinajstić information content (AvgIpc) is 3.32. The Morgan fingerprint density at radius 2 is 1.39 bits per heavy atom. The molecule has 0 unspecified atom stereocenters. The molecule has 0 bridgehead atoms. The highest BCUT2D eigenvalue weighted by molar-refractivity contribution is 7.79. The van der Waals surface area contributed by atoms with Gasteiger partial charge in [0.1, 0.15) is 5.78 Å². The van der Waals surface area contributed by atoms with E-state index in [1.807, 2.05) is 78.2 Å². The zero-order chi connectivity index (χ0) is 21.9. The summed E-state index contributed by atoms with van der Waals surface area (Å²) in [4.78, 5) is 0.786. The van der Waals surface area contributed by atoms with E-state index in [-0.39, 0.29) is 5.69 Å². The Labute approximate surface area is 182 Å². The van der Waals surface area contributed by atoms with Crippen molar-refractivity contribution in [1.29, 1.82) is 0 Å². The third-order valence-corrected chi connectivity index (χ3v) is 9.33. The number of rotatable bonds is 6. The molecule has 1 atom stereocenters. The summed E-state index contributed by atoms with van der Waals surface area (Å²) in [6.45, 7) is 0. The number of anilines is 1. The minimum atomic E-state index is -4.46. The second-order valence-corrected chi connectivity index (χ2v) is 10.8. The van der Waals surface area contributed by atoms with Crippen LogP contribution in [0, 0.1) is 0 Å². The predicted molar refractivity (Wildman–Crippen MR) is 122 cm³/mol. The fourth-order valence-corrected chi connectivity index (χ4v) is 7.66. The van der Waals surface area contributed by atoms with Crippen LogP contribution < -0.4 is 15.9 Å². The summed E-state index contributed by atoms with van der Waals surface area (Å²) >= 11 is 1.42. The largest absolute Gasteiger partial charge is 0.416 e. The van der Waals surface area contributed by atoms with E-state index in [1.165, 1.54) is 17.4 Å². The van der Waals surface area contributed by atoms with Gasteiger partial charge in [0, 0.05) is 21.2 Å². The SMILES string of the molecule is O=P(c1ccccc1)(c1ccccc1)[C@H](Nc1cccc(C(F)(F)F)c1)c1cccs1. The van der Waals surface area contributed by atoms with E-state index >= 15 is 0 Å². The van der Waals surface area contributed by atoms with Crippen LogP contribution in [0.3, 0.4) is 0 Å². The number of hydrogen-bond donors (Lipinski definition) is 1. The first kappa shape index (κ1) is 21.4. The van der Waals surface area contributed by atoms with Gasteiger partial charge in [0.15, 0.2) is 7.14 Å². The molecule has 0 aliphatic rings. The third-order valence-electron chi connectivity index (χ3n) is 4.95. The fraction of sp³-hybridized carbons (Fsp3) is 0.0833. The molecule has 0 aliphatic carbocycles. The zero-order valence-corrected chi connectivity index (χ0v) is 18.0. The molecule has 1 heterocycles. The van der Waals surface area contributed by atoms with Crippen molar-refractivity contribution in [2.75, 3.05) is 5.32 Å². The second-order valence-electron chi connectivity index (χ2n) is 6.97. The summed E-state index contributed by atoms with van der Waals surface area (Å²) < 4.78 is 54.6. The predicted octanol–water partition coefficient (Wildman–Crippen LogP) is 6.89. The lowest BCUT2D eigenvalue weighted by Crippen LogP contribution is -2.25. The Hall–Kier alpha value is -2.82. The van der Waals surface area contributed by atoms with Crippen LogP contribution in [0.5, 0.6) is 0 Å². The molecule has 4 aromatic rings. The lowest BCUT2D eigenvalue weighted by atomic mass is 10.2. The van der Waals surface area contributed by atoms with Gasteiger partial charge in [-0.05, 0) is 29.6 Å². The average molecular weight is 457 g/mol. The molecular formula is C24H19F3NOPS. The Bertz CT molecular complexity index is 1130. The molecule has 0 amide bonds. The lowest BCUT2D eigenvalue weighted by molar-refractivity contribution is -0.137. The third kappa shape index (κ3) is 4.46. The van der Waals surface area contributed by atoms with Crippen LogP contribution in [0.15, 0.2) is 102 Å². The van der Waals surface area contributed by atoms with Gasteiger partial charge in [0.2, 0.25) is 0 Å². The Balaban J connectivity index is 1.88. The van der Waals surface area contributed by atoms with Crippen LogP contribution in [0.25, 0.3) is 0 Å². The number of benzene rings is 3. The van der Waals surface area contributed by atoms with Gasteiger partial charge in [-0.25, -0.2) is 0 Å². The molecule has 31 heavy (non-hydrogen) atoms. The zero-order valence-electron chi connectivity index (χ0n) is 16.3. The number of alkyl halides is 3. The summed E-state index contributed by atoms with van der Waals surface area (Å²) in [5.74, 6) is -0.721. The maximum atomic E-state index is 14.8. The molecule has 158 valence electrons. The van der Waals surface area contributed by atoms with Crippen molar-refractivity contribution in [2.45, 2.75) is 12.0 Å². The van der Waals surface area contributed by atoms with E-state index in [0.717, 1.165) is 17.0 Å². The van der Waals surface area contributed by atoms with Crippen molar-refractivity contribution in [1.82, 2.24) is 0 Å². The van der Waals surface area contributed by atoms with Gasteiger partial charge in [-0.15, -0.1) is 11.3 Å². The maximum absolute atomic E-state index is 14.8. The highest BCUT2D eigenvalue weighted by Gasteiger charge is 2.39. The van der Waals surface area contributed by atoms with Gasteiger partial charge in [-0.1, -0.05) is 72.8 Å². The molecular weight excluding hydrogens is 438 g/mol. The monoisotopic (exact) mass is 457 g/mol. The van der Waals surface area contributed by atoms with Crippen molar-refractivity contribution >= 4 is 34.8 Å². The summed E-state index contributed by atoms with van der Waals surface area (Å²) in [6, 6.07) is 26.9. The topological polar surface area (TPSA) is 29.1 Å². The van der Waals surface area contributed by atoms with Crippen molar-refractivity contribution < 1.29 is 17.7 Å². The molecule has 1 aromatic heterocycles. The lowest BCUT2D eigenvalue weighted by Gasteiger charge is -2.30. The molecule has 4 rings (SSSR count). The first-order valence-electron chi connectivity index (χ1n) is 9.57. The standard InChI is InChI=1S/C24H19F3NOPS/c25-24(26,27)18-9-7-10-19(17-18)28-23(22-15-8-16-31-22)30(29,20-11-3-1-4-12-20)21-13-5-2-6-14-21/h1-17,23,28H/t23-/m0/s1. The van der Waals surface area contributed by atoms with Crippen molar-refractivity contribution in [3.63, 3.8) is 0 Å². The molecule has 0 saturated carbocycles. The summed E-state index contributed by atoms with van der Waals surface area (Å²) in [5.41, 5.74) is -0.489. The van der Waals surface area contributed by atoms with E-state index in [0.29, 0.717) is 10.6 Å². The molecule has 3 aromatic carbocycles. The van der Waals surface area contributed by atoms with Gasteiger partial charge in [-0.3, -0.25) is 0 Å². The van der Waals surface area contributed by atoms with Crippen LogP contribution in [0.2, 0.25) is 0 Å². The van der Waals surface area contributed by atoms with Crippen LogP contribution in [-0.4, -0.2) is 0 Å². The molecule has 0 saturated heterocycles. The number of hydrogen-bond acceptors (Lipinski definition) is 3. The van der Waals surface area contributed by atoms with Gasteiger partial charge in [0.25, 0.3) is 0 Å². The van der Waals surface area contributed by atoms with Crippen molar-refractivity contribution in [3.8, 4) is 0 Å². The van der Waals surface area contributed by atoms with Crippen LogP contribution in [0.1, 0.15) is 16.2 Å². The minimum Gasteiger partial charge on any atom is -0.371 e. The molecule has 1 N–H and O–H groups in total. The van der Waals surface area contributed by atoms with Gasteiger partial charge in [-0.2, -0.15) is 13.2 Å². The second kappa shape index (κ2) is 8.74. The van der Waals surface area contributed by atoms with Crippen molar-refractivity contribution in [3.05, 3.63) is 113 Å². The van der Waals surface area contributed by atoms with Gasteiger partial charge < -0.3 is 9.88 Å². The van der Waals surface area contributed by atoms with Gasteiger partial charge in [0.05, 0.1) is 5.56 Å². The summed E-state index contributed by atoms with van der Waals surface area (Å²) in [6.07, 6.45) is -4.46. The number of nitrogens with one attached hydrogen (secondary N) is 1. The van der Waals surface area contributed by atoms with E-state index in [9.17, 15) is 17.7 Å². The highest BCUT2D eigenvalue weighted by atomic mass is 32.1. The summed E-state index contributed by atoms with van der Waals surface area (Å²) in [5, 5.41) is 6.33. The fourth-order valence-electron chi connectivity index (χ4n) is 3.48. The summed E-state index contributed by atoms with van der Waals surface area (Å²) in [7, 11) is -3.33. The molecule has 7 heteroatoms. The minimum absolute atomic E-state index is 0.264. The Morgan fingerprint density at radius 3 is 1.90 bits per heavy atom. The molecule has 0 spiro atoms. The van der Waals surface area contributed by atoms with E-state index < -0.39 is 24.7 Å². The number of halogens is 3. The normalized spacial score (nSPS) is 13.0. The maximum Gasteiger partial charge on any atom is 0.416 e. The Kier molecular flexibility index (Phi) is 6.03. The Morgan fingerprint density at radius 1 is 0.774 bits per heavy atom. The van der Waals surface area contributed by atoms with E-state index in [4.69, 9.17) is 0 Å². The first-order chi connectivity index (χ1) is 14.9. The van der Waals surface area contributed by atoms with Gasteiger partial charge >= 0.3 is 6.18 Å². The highest BCUT2D eigenvalue weighted by Crippen LogP contribution is 2.58. The smallest absolute Gasteiger partial charge is 0.371 e. The van der Waals surface area contributed by atoms with E-state index in [1.54, 1.807) is 6.07 Å². The molecule has 0 radical (unpaired) electrons. The quantitative estimate of drug-likeness (QED) is 0.320. The van der Waals surface area contributed by atoms with Crippen LogP contribution in [-0.2, 0) is 10.7 Å². The molecule has 0 aliphatic heterocycles. The van der Waals surface area contributed by atoms with Crippen LogP contribution in [0.4, 0.5) is 18.9 Å². The molecule has 2 nitrogen and oxygen atoms in total. The molecule has 0 fully saturated rings. The van der Waals surface area contributed by atoms with Crippen molar-refractivity contribution in [2.24, 2.45) is 0 Å². The van der Waals surface area contributed by atoms with E-state index in [2.05, 4.69) is 5.32 Å². The first-order valence-corrected chi connectivity index (χ1v) is 12.2. The van der Waals surface area contributed by atoms with Crippen LogP contribution >= 0.6 is 18.5 Å².